The largest absolute Gasteiger partial charge is 0.347 e. The van der Waals surface area contributed by atoms with E-state index in [1.165, 1.54) is 0 Å². The predicted molar refractivity (Wildman–Crippen MR) is 92.2 cm³/mol. The number of carbonyl (C=O) groups is 1. The Labute approximate surface area is 143 Å². The number of benzene rings is 1. The molecule has 7 heteroatoms. The molecule has 0 aliphatic heterocycles. The fourth-order valence-corrected chi connectivity index (χ4v) is 2.20. The van der Waals surface area contributed by atoms with Crippen molar-refractivity contribution in [1.29, 1.82) is 0 Å². The highest BCUT2D eigenvalue weighted by Gasteiger charge is 2.08. The molecule has 2 aromatic heterocycles. The summed E-state index contributed by atoms with van der Waals surface area (Å²) in [6.07, 6.45) is 3.38. The average Bonchev–Trinajstić information content (AvgIpc) is 2.61. The van der Waals surface area contributed by atoms with E-state index in [0.717, 1.165) is 11.3 Å². The molecule has 0 spiro atoms. The van der Waals surface area contributed by atoms with Crippen LogP contribution in [0.25, 0.3) is 0 Å². The second kappa shape index (κ2) is 7.52. The lowest BCUT2D eigenvalue weighted by Gasteiger charge is -2.07. The van der Waals surface area contributed by atoms with Crippen LogP contribution < -0.4 is 10.6 Å². The number of halogens is 1. The van der Waals surface area contributed by atoms with Crippen molar-refractivity contribution >= 4 is 29.0 Å². The molecule has 3 rings (SSSR count). The lowest BCUT2D eigenvalue weighted by atomic mass is 10.3. The third-order valence-corrected chi connectivity index (χ3v) is 3.41. The van der Waals surface area contributed by atoms with Gasteiger partial charge in [0.25, 0.3) is 5.91 Å². The number of nitrogens with one attached hydrogen (secondary N) is 2. The highest BCUT2D eigenvalue weighted by molar-refractivity contribution is 6.30. The van der Waals surface area contributed by atoms with Crippen LogP contribution in [0.15, 0.2) is 60.9 Å². The maximum atomic E-state index is 12.1. The number of amides is 1. The SMILES string of the molecule is O=C(NCc1cccnc1)c1ccc(Nc2cccc(Cl)c2)nn1. The molecule has 0 fully saturated rings. The number of carbonyl (C=O) groups excluding carboxylic acids is 1. The Bertz CT molecular complexity index is 824. The van der Waals surface area contributed by atoms with Gasteiger partial charge in [0, 0.05) is 29.6 Å². The molecule has 1 amide bonds. The second-order valence-corrected chi connectivity index (χ2v) is 5.42. The summed E-state index contributed by atoms with van der Waals surface area (Å²) >= 11 is 5.93. The third-order valence-electron chi connectivity index (χ3n) is 3.17. The normalized spacial score (nSPS) is 10.2. The van der Waals surface area contributed by atoms with Gasteiger partial charge in [-0.05, 0) is 42.0 Å². The number of pyridine rings is 1. The van der Waals surface area contributed by atoms with Gasteiger partial charge in [0.2, 0.25) is 0 Å². The van der Waals surface area contributed by atoms with Gasteiger partial charge in [-0.2, -0.15) is 0 Å². The quantitative estimate of drug-likeness (QED) is 0.746. The van der Waals surface area contributed by atoms with Crippen molar-refractivity contribution in [1.82, 2.24) is 20.5 Å². The summed E-state index contributed by atoms with van der Waals surface area (Å²) in [6.45, 7) is 0.386. The van der Waals surface area contributed by atoms with Crippen molar-refractivity contribution in [3.8, 4) is 0 Å². The van der Waals surface area contributed by atoms with E-state index in [2.05, 4.69) is 25.8 Å². The molecule has 1 aromatic carbocycles. The highest BCUT2D eigenvalue weighted by Crippen LogP contribution is 2.18. The summed E-state index contributed by atoms with van der Waals surface area (Å²) in [6, 6.07) is 14.3. The number of hydrogen-bond donors (Lipinski definition) is 2. The van der Waals surface area contributed by atoms with Crippen LogP contribution in [-0.2, 0) is 6.54 Å². The Morgan fingerprint density at radius 1 is 1.08 bits per heavy atom. The van der Waals surface area contributed by atoms with Gasteiger partial charge in [0.05, 0.1) is 0 Å². The van der Waals surface area contributed by atoms with Gasteiger partial charge in [-0.1, -0.05) is 23.7 Å². The molecular formula is C17H14ClN5O. The fraction of sp³-hybridized carbons (Fsp3) is 0.0588. The first-order chi connectivity index (χ1) is 11.7. The minimum Gasteiger partial charge on any atom is -0.347 e. The van der Waals surface area contributed by atoms with Gasteiger partial charge in [-0.3, -0.25) is 9.78 Å². The molecule has 6 nitrogen and oxygen atoms in total. The summed E-state index contributed by atoms with van der Waals surface area (Å²) in [5.74, 6) is 0.238. The summed E-state index contributed by atoms with van der Waals surface area (Å²) in [5, 5.41) is 14.4. The maximum Gasteiger partial charge on any atom is 0.272 e. The van der Waals surface area contributed by atoms with Crippen molar-refractivity contribution in [2.45, 2.75) is 6.54 Å². The molecular weight excluding hydrogens is 326 g/mol. The molecule has 2 N–H and O–H groups in total. The Kier molecular flexibility index (Phi) is 4.98. The summed E-state index contributed by atoms with van der Waals surface area (Å²) < 4.78 is 0. The van der Waals surface area contributed by atoms with E-state index < -0.39 is 0 Å². The van der Waals surface area contributed by atoms with E-state index in [1.54, 1.807) is 36.7 Å². The van der Waals surface area contributed by atoms with Crippen molar-refractivity contribution in [3.63, 3.8) is 0 Å². The van der Waals surface area contributed by atoms with Crippen LogP contribution in [0.1, 0.15) is 16.1 Å². The van der Waals surface area contributed by atoms with Gasteiger partial charge in [0.1, 0.15) is 0 Å². The first kappa shape index (κ1) is 15.9. The van der Waals surface area contributed by atoms with Crippen LogP contribution in [-0.4, -0.2) is 21.1 Å². The van der Waals surface area contributed by atoms with E-state index in [0.29, 0.717) is 17.4 Å². The lowest BCUT2D eigenvalue weighted by Crippen LogP contribution is -2.24. The monoisotopic (exact) mass is 339 g/mol. The molecule has 2 heterocycles. The lowest BCUT2D eigenvalue weighted by molar-refractivity contribution is 0.0945. The van der Waals surface area contributed by atoms with Gasteiger partial charge in [-0.15, -0.1) is 10.2 Å². The molecule has 24 heavy (non-hydrogen) atoms. The topological polar surface area (TPSA) is 79.8 Å². The van der Waals surface area contributed by atoms with Crippen molar-refractivity contribution in [2.75, 3.05) is 5.32 Å². The molecule has 3 aromatic rings. The number of hydrogen-bond acceptors (Lipinski definition) is 5. The molecule has 120 valence electrons. The van der Waals surface area contributed by atoms with E-state index in [4.69, 9.17) is 11.6 Å². The summed E-state index contributed by atoms with van der Waals surface area (Å²) in [5.41, 5.74) is 1.96. The van der Waals surface area contributed by atoms with Crippen LogP contribution in [0.2, 0.25) is 5.02 Å². The molecule has 0 saturated carbocycles. The zero-order chi connectivity index (χ0) is 16.8. The number of anilines is 2. The second-order valence-electron chi connectivity index (χ2n) is 4.98. The highest BCUT2D eigenvalue weighted by atomic mass is 35.5. The third kappa shape index (κ3) is 4.27. The number of aromatic nitrogens is 3. The Morgan fingerprint density at radius 3 is 2.71 bits per heavy atom. The van der Waals surface area contributed by atoms with Crippen LogP contribution in [0.4, 0.5) is 11.5 Å². The van der Waals surface area contributed by atoms with E-state index in [1.807, 2.05) is 24.3 Å². The van der Waals surface area contributed by atoms with Crippen LogP contribution in [0.5, 0.6) is 0 Å². The Balaban J connectivity index is 1.60. The van der Waals surface area contributed by atoms with Crippen molar-refractivity contribution < 1.29 is 4.79 Å². The van der Waals surface area contributed by atoms with E-state index in [9.17, 15) is 4.79 Å². The molecule has 0 unspecified atom stereocenters. The smallest absolute Gasteiger partial charge is 0.272 e. The predicted octanol–water partition coefficient (Wildman–Crippen LogP) is 3.20. The van der Waals surface area contributed by atoms with Crippen LogP contribution in [0, 0.1) is 0 Å². The van der Waals surface area contributed by atoms with Gasteiger partial charge < -0.3 is 10.6 Å². The maximum absolute atomic E-state index is 12.1. The minimum atomic E-state index is -0.291. The molecule has 0 atom stereocenters. The van der Waals surface area contributed by atoms with Gasteiger partial charge in [-0.25, -0.2) is 0 Å². The number of rotatable bonds is 5. The fourth-order valence-electron chi connectivity index (χ4n) is 2.01. The summed E-state index contributed by atoms with van der Waals surface area (Å²) in [4.78, 5) is 16.1. The van der Waals surface area contributed by atoms with Gasteiger partial charge in [0.15, 0.2) is 11.5 Å². The Hall–Kier alpha value is -2.99. The minimum absolute atomic E-state index is 0.246. The molecule has 0 saturated heterocycles. The van der Waals surface area contributed by atoms with Crippen molar-refractivity contribution in [3.05, 3.63) is 77.2 Å². The van der Waals surface area contributed by atoms with Gasteiger partial charge >= 0.3 is 0 Å². The van der Waals surface area contributed by atoms with Crippen LogP contribution >= 0.6 is 11.6 Å². The molecule has 0 radical (unpaired) electrons. The average molecular weight is 340 g/mol. The van der Waals surface area contributed by atoms with E-state index in [-0.39, 0.29) is 11.6 Å². The Morgan fingerprint density at radius 2 is 2.00 bits per heavy atom. The molecule has 0 aliphatic rings. The summed E-state index contributed by atoms with van der Waals surface area (Å²) in [7, 11) is 0. The zero-order valence-corrected chi connectivity index (χ0v) is 13.4. The first-order valence-corrected chi connectivity index (χ1v) is 7.62. The standard InChI is InChI=1S/C17H14ClN5O/c18-13-4-1-5-14(9-13)21-16-7-6-15(22-23-16)17(24)20-11-12-3-2-8-19-10-12/h1-10H,11H2,(H,20,24)(H,21,23). The van der Waals surface area contributed by atoms with Crippen LogP contribution in [0.3, 0.4) is 0 Å². The zero-order valence-electron chi connectivity index (χ0n) is 12.6. The molecule has 0 bridgehead atoms. The molecule has 0 aliphatic carbocycles. The number of nitrogens with zero attached hydrogens (tertiary/aromatic N) is 3. The van der Waals surface area contributed by atoms with Crippen molar-refractivity contribution in [2.24, 2.45) is 0 Å². The van der Waals surface area contributed by atoms with E-state index >= 15 is 0 Å². The first-order valence-electron chi connectivity index (χ1n) is 7.24.